The van der Waals surface area contributed by atoms with Crippen LogP contribution < -0.4 is 4.90 Å². The Balaban J connectivity index is 0.00000196. The van der Waals surface area contributed by atoms with E-state index < -0.39 is 0 Å². The number of benzene rings is 1. The summed E-state index contributed by atoms with van der Waals surface area (Å²) in [6.45, 7) is 11.2. The van der Waals surface area contributed by atoms with Crippen molar-refractivity contribution in [3.8, 4) is 0 Å². The third-order valence-electron chi connectivity index (χ3n) is 5.51. The van der Waals surface area contributed by atoms with Gasteiger partial charge in [-0.3, -0.25) is 0 Å². The first-order valence-electron chi connectivity index (χ1n) is 9.07. The minimum absolute atomic E-state index is 0. The third-order valence-corrected chi connectivity index (χ3v) is 5.51. The first kappa shape index (κ1) is 18.5. The number of aromatic nitrogens is 2. The molecule has 1 aliphatic heterocycles. The van der Waals surface area contributed by atoms with Crippen molar-refractivity contribution < 1.29 is 0 Å². The van der Waals surface area contributed by atoms with Gasteiger partial charge in [-0.1, -0.05) is 30.3 Å². The van der Waals surface area contributed by atoms with E-state index in [1.54, 1.807) is 0 Å². The number of rotatable bonds is 4. The summed E-state index contributed by atoms with van der Waals surface area (Å²) in [7, 11) is 0. The number of pyridine rings is 1. The minimum Gasteiger partial charge on any atom is -0.350 e. The number of allylic oxidation sites excluding steroid dienone is 1. The maximum atomic E-state index is 4.81. The Hall–Kier alpha value is -2.26. The van der Waals surface area contributed by atoms with Crippen LogP contribution in [0.4, 0.5) is 5.82 Å². The Morgan fingerprint density at radius 2 is 1.92 bits per heavy atom. The maximum absolute atomic E-state index is 4.81. The van der Waals surface area contributed by atoms with E-state index in [1.165, 1.54) is 33.3 Å². The van der Waals surface area contributed by atoms with Gasteiger partial charge >= 0.3 is 0 Å². The van der Waals surface area contributed by atoms with Gasteiger partial charge in [0.05, 0.1) is 5.52 Å². The van der Waals surface area contributed by atoms with Crippen molar-refractivity contribution in [3.05, 3.63) is 71.6 Å². The summed E-state index contributed by atoms with van der Waals surface area (Å²) in [6, 6.07) is 10.9. The summed E-state index contributed by atoms with van der Waals surface area (Å²) in [6.07, 6.45) is 6.01. The molecule has 1 aromatic carbocycles. The van der Waals surface area contributed by atoms with Crippen molar-refractivity contribution in [1.82, 2.24) is 9.55 Å². The van der Waals surface area contributed by atoms with Gasteiger partial charge in [0.15, 0.2) is 5.82 Å². The molecular formula is C22H26ClN3. The summed E-state index contributed by atoms with van der Waals surface area (Å²) in [4.78, 5) is 7.24. The summed E-state index contributed by atoms with van der Waals surface area (Å²) in [5.74, 6) is 1.12. The van der Waals surface area contributed by atoms with Crippen molar-refractivity contribution >= 4 is 29.1 Å². The van der Waals surface area contributed by atoms with Crippen molar-refractivity contribution in [1.29, 1.82) is 0 Å². The summed E-state index contributed by atoms with van der Waals surface area (Å²) < 4.78 is 2.43. The van der Waals surface area contributed by atoms with Gasteiger partial charge in [-0.2, -0.15) is 0 Å². The second kappa shape index (κ2) is 7.55. The Labute approximate surface area is 161 Å². The summed E-state index contributed by atoms with van der Waals surface area (Å²) in [5, 5.41) is 1.32. The van der Waals surface area contributed by atoms with Gasteiger partial charge in [0.1, 0.15) is 0 Å². The van der Waals surface area contributed by atoms with Gasteiger partial charge in [-0.15, -0.1) is 19.0 Å². The molecule has 136 valence electrons. The molecule has 26 heavy (non-hydrogen) atoms. The monoisotopic (exact) mass is 367 g/mol. The number of fused-ring (bicyclic) bond motifs is 2. The Kier molecular flexibility index (Phi) is 5.38. The molecule has 3 heterocycles. The van der Waals surface area contributed by atoms with Crippen LogP contribution in [0.15, 0.2) is 49.2 Å². The topological polar surface area (TPSA) is 21.1 Å². The van der Waals surface area contributed by atoms with Crippen LogP contribution in [0, 0.1) is 13.8 Å². The van der Waals surface area contributed by atoms with Crippen molar-refractivity contribution in [2.45, 2.75) is 39.8 Å². The predicted molar refractivity (Wildman–Crippen MR) is 112 cm³/mol. The first-order valence-corrected chi connectivity index (χ1v) is 9.07. The van der Waals surface area contributed by atoms with Crippen LogP contribution in [-0.2, 0) is 19.5 Å². The van der Waals surface area contributed by atoms with E-state index in [9.17, 15) is 0 Å². The molecule has 0 radical (unpaired) electrons. The minimum atomic E-state index is 0. The van der Waals surface area contributed by atoms with E-state index in [-0.39, 0.29) is 12.4 Å². The Morgan fingerprint density at radius 1 is 1.15 bits per heavy atom. The average molecular weight is 368 g/mol. The average Bonchev–Trinajstić information content (AvgIpc) is 2.90. The van der Waals surface area contributed by atoms with Crippen LogP contribution in [0.2, 0.25) is 0 Å². The van der Waals surface area contributed by atoms with E-state index in [2.05, 4.69) is 60.2 Å². The highest BCUT2D eigenvalue weighted by Gasteiger charge is 2.22. The molecule has 0 unspecified atom stereocenters. The second-order valence-corrected chi connectivity index (χ2v) is 6.91. The molecule has 1 aliphatic rings. The number of nitrogens with zero attached hydrogens (tertiary/aromatic N) is 3. The van der Waals surface area contributed by atoms with Crippen LogP contribution >= 0.6 is 12.4 Å². The molecule has 0 saturated carbocycles. The van der Waals surface area contributed by atoms with Crippen molar-refractivity contribution in [2.75, 3.05) is 11.4 Å². The molecular weight excluding hydrogens is 342 g/mol. The van der Waals surface area contributed by atoms with Gasteiger partial charge in [-0.05, 0) is 49.4 Å². The molecule has 3 nitrogen and oxygen atoms in total. The molecule has 0 aliphatic carbocycles. The molecule has 4 heteroatoms. The van der Waals surface area contributed by atoms with Gasteiger partial charge in [0.2, 0.25) is 0 Å². The van der Waals surface area contributed by atoms with E-state index in [1.807, 2.05) is 12.3 Å². The quantitative estimate of drug-likeness (QED) is 0.590. The largest absolute Gasteiger partial charge is 0.350 e. The fraction of sp³-hybridized carbons (Fsp3) is 0.318. The zero-order chi connectivity index (χ0) is 17.4. The van der Waals surface area contributed by atoms with Crippen LogP contribution in [0.25, 0.3) is 10.9 Å². The Bertz CT molecular complexity index is 942. The zero-order valence-corrected chi connectivity index (χ0v) is 16.4. The molecule has 0 saturated heterocycles. The maximum Gasteiger partial charge on any atom is 0.153 e. The lowest BCUT2D eigenvalue weighted by Gasteiger charge is -2.30. The standard InChI is InChI=1S/C22H25N3.ClH/c1-4-5-13-25-17(3)16(2)20-10-12-23-22(21(20)25)24-14-11-18-8-6-7-9-19(18)15-24;/h4,6-10,12H,1,5,11,13-15H2,2-3H3;1H. The van der Waals surface area contributed by atoms with Crippen LogP contribution in [-0.4, -0.2) is 16.1 Å². The number of halogens is 1. The van der Waals surface area contributed by atoms with Gasteiger partial charge < -0.3 is 9.47 Å². The van der Waals surface area contributed by atoms with Crippen LogP contribution in [0.1, 0.15) is 28.8 Å². The van der Waals surface area contributed by atoms with E-state index in [0.717, 1.165) is 38.3 Å². The highest BCUT2D eigenvalue weighted by molar-refractivity contribution is 5.93. The number of anilines is 1. The number of hydrogen-bond donors (Lipinski definition) is 0. The van der Waals surface area contributed by atoms with Crippen molar-refractivity contribution in [2.24, 2.45) is 0 Å². The fourth-order valence-corrected chi connectivity index (χ4v) is 3.98. The molecule has 0 fully saturated rings. The molecule has 3 aromatic rings. The highest BCUT2D eigenvalue weighted by atomic mass is 35.5. The SMILES string of the molecule is C=CCCn1c(C)c(C)c2ccnc(N3CCc4ccccc4C3)c21.Cl. The normalized spacial score (nSPS) is 13.4. The lowest BCUT2D eigenvalue weighted by molar-refractivity contribution is 0.697. The molecule has 4 rings (SSSR count). The molecule has 0 amide bonds. The molecule has 0 bridgehead atoms. The van der Waals surface area contributed by atoms with Gasteiger partial charge in [0, 0.05) is 36.9 Å². The lowest BCUT2D eigenvalue weighted by atomic mass is 10.00. The summed E-state index contributed by atoms with van der Waals surface area (Å²) >= 11 is 0. The third kappa shape index (κ3) is 3.01. The number of aryl methyl sites for hydroxylation is 2. The van der Waals surface area contributed by atoms with Crippen molar-refractivity contribution in [3.63, 3.8) is 0 Å². The van der Waals surface area contributed by atoms with Gasteiger partial charge in [-0.25, -0.2) is 4.98 Å². The molecule has 0 spiro atoms. The predicted octanol–water partition coefficient (Wildman–Crippen LogP) is 5.21. The number of hydrogen-bond acceptors (Lipinski definition) is 2. The first-order chi connectivity index (χ1) is 12.2. The molecule has 0 N–H and O–H groups in total. The lowest BCUT2D eigenvalue weighted by Crippen LogP contribution is -2.31. The van der Waals surface area contributed by atoms with E-state index in [4.69, 9.17) is 4.98 Å². The van der Waals surface area contributed by atoms with Gasteiger partial charge in [0.25, 0.3) is 0 Å². The van der Waals surface area contributed by atoms with E-state index in [0.29, 0.717) is 0 Å². The van der Waals surface area contributed by atoms with Crippen LogP contribution in [0.3, 0.4) is 0 Å². The summed E-state index contributed by atoms with van der Waals surface area (Å²) in [5.41, 5.74) is 6.87. The Morgan fingerprint density at radius 3 is 2.69 bits per heavy atom. The molecule has 0 atom stereocenters. The highest BCUT2D eigenvalue weighted by Crippen LogP contribution is 2.33. The smallest absolute Gasteiger partial charge is 0.153 e. The van der Waals surface area contributed by atoms with Crippen LogP contribution in [0.5, 0.6) is 0 Å². The second-order valence-electron chi connectivity index (χ2n) is 6.91. The van der Waals surface area contributed by atoms with E-state index >= 15 is 0 Å². The fourth-order valence-electron chi connectivity index (χ4n) is 3.98. The zero-order valence-electron chi connectivity index (χ0n) is 15.5. The molecule has 2 aromatic heterocycles.